The van der Waals surface area contributed by atoms with Gasteiger partial charge in [-0.25, -0.2) is 13.4 Å². The molecule has 1 aromatic heterocycles. The van der Waals surface area contributed by atoms with Crippen LogP contribution in [0.1, 0.15) is 30.3 Å². The first-order valence-electron chi connectivity index (χ1n) is 6.72. The third-order valence-electron chi connectivity index (χ3n) is 3.23. The van der Waals surface area contributed by atoms with Gasteiger partial charge in [-0.1, -0.05) is 6.07 Å². The minimum atomic E-state index is -2.91. The largest absolute Gasteiger partial charge is 0.370 e. The average Bonchev–Trinajstić information content (AvgIpc) is 2.42. The molecule has 1 saturated heterocycles. The number of hydrogen-bond donors (Lipinski definition) is 2. The zero-order valence-electron chi connectivity index (χ0n) is 11.4. The van der Waals surface area contributed by atoms with Crippen molar-refractivity contribution >= 4 is 21.6 Å². The summed E-state index contributed by atoms with van der Waals surface area (Å²) in [6.45, 7) is 2.69. The standard InChI is InChI=1S/C13H19N3O3S/c1-2-14-12-5-3-4-11(16-12)13(17)15-10-6-8-20(18,19)9-7-10/h3-5,10H,2,6-9H2,1H3,(H,14,16)(H,15,17). The molecule has 1 aliphatic heterocycles. The van der Waals surface area contributed by atoms with Crippen LogP contribution < -0.4 is 10.6 Å². The number of sulfone groups is 1. The number of rotatable bonds is 4. The molecule has 1 fully saturated rings. The second-order valence-electron chi connectivity index (χ2n) is 4.84. The van der Waals surface area contributed by atoms with Gasteiger partial charge in [0.1, 0.15) is 21.3 Å². The number of pyridine rings is 1. The maximum Gasteiger partial charge on any atom is 0.270 e. The van der Waals surface area contributed by atoms with Crippen molar-refractivity contribution in [3.05, 3.63) is 23.9 Å². The van der Waals surface area contributed by atoms with E-state index in [2.05, 4.69) is 15.6 Å². The minimum absolute atomic E-state index is 0.0874. The van der Waals surface area contributed by atoms with Gasteiger partial charge in [-0.15, -0.1) is 0 Å². The van der Waals surface area contributed by atoms with E-state index in [0.717, 1.165) is 6.54 Å². The summed E-state index contributed by atoms with van der Waals surface area (Å²) >= 11 is 0. The summed E-state index contributed by atoms with van der Waals surface area (Å²) in [5.74, 6) is 0.687. The zero-order valence-corrected chi connectivity index (χ0v) is 12.2. The molecule has 1 aliphatic rings. The van der Waals surface area contributed by atoms with Gasteiger partial charge in [-0.2, -0.15) is 0 Å². The van der Waals surface area contributed by atoms with Gasteiger partial charge in [0.25, 0.3) is 5.91 Å². The van der Waals surface area contributed by atoms with E-state index < -0.39 is 9.84 Å². The molecule has 0 saturated carbocycles. The third kappa shape index (κ3) is 3.93. The van der Waals surface area contributed by atoms with Gasteiger partial charge in [-0.3, -0.25) is 4.79 Å². The fraction of sp³-hybridized carbons (Fsp3) is 0.538. The van der Waals surface area contributed by atoms with E-state index in [4.69, 9.17) is 0 Å². The summed E-state index contributed by atoms with van der Waals surface area (Å²) in [5.41, 5.74) is 0.344. The molecule has 0 atom stereocenters. The van der Waals surface area contributed by atoms with Crippen molar-refractivity contribution in [2.45, 2.75) is 25.8 Å². The molecule has 2 heterocycles. The maximum atomic E-state index is 12.1. The molecule has 0 unspecified atom stereocenters. The zero-order chi connectivity index (χ0) is 14.6. The Bertz CT molecular complexity index is 572. The van der Waals surface area contributed by atoms with Crippen molar-refractivity contribution in [1.82, 2.24) is 10.3 Å². The monoisotopic (exact) mass is 297 g/mol. The Morgan fingerprint density at radius 2 is 2.05 bits per heavy atom. The number of amides is 1. The van der Waals surface area contributed by atoms with Crippen LogP contribution >= 0.6 is 0 Å². The topological polar surface area (TPSA) is 88.2 Å². The van der Waals surface area contributed by atoms with Crippen molar-refractivity contribution in [3.8, 4) is 0 Å². The van der Waals surface area contributed by atoms with E-state index in [9.17, 15) is 13.2 Å². The number of hydrogen-bond acceptors (Lipinski definition) is 5. The number of carbonyl (C=O) groups excluding carboxylic acids is 1. The Labute approximate surface area is 118 Å². The highest BCUT2D eigenvalue weighted by Crippen LogP contribution is 2.13. The Kier molecular flexibility index (Phi) is 4.59. The van der Waals surface area contributed by atoms with Crippen molar-refractivity contribution in [2.24, 2.45) is 0 Å². The Hall–Kier alpha value is -1.63. The van der Waals surface area contributed by atoms with E-state index >= 15 is 0 Å². The molecule has 110 valence electrons. The van der Waals surface area contributed by atoms with E-state index in [-0.39, 0.29) is 23.5 Å². The van der Waals surface area contributed by atoms with E-state index in [1.54, 1.807) is 18.2 Å². The Balaban J connectivity index is 1.96. The van der Waals surface area contributed by atoms with Crippen LogP contribution in [-0.4, -0.2) is 43.4 Å². The summed E-state index contributed by atoms with van der Waals surface area (Å²) in [4.78, 5) is 16.3. The van der Waals surface area contributed by atoms with Crippen LogP contribution in [0.2, 0.25) is 0 Å². The van der Waals surface area contributed by atoms with Crippen molar-refractivity contribution < 1.29 is 13.2 Å². The predicted octanol–water partition coefficient (Wildman–Crippen LogP) is 0.820. The fourth-order valence-corrected chi connectivity index (χ4v) is 3.63. The van der Waals surface area contributed by atoms with Crippen molar-refractivity contribution in [1.29, 1.82) is 0 Å². The first-order valence-corrected chi connectivity index (χ1v) is 8.54. The predicted molar refractivity (Wildman–Crippen MR) is 77.5 cm³/mol. The molecule has 0 aliphatic carbocycles. The van der Waals surface area contributed by atoms with Crippen LogP contribution in [0.3, 0.4) is 0 Å². The van der Waals surface area contributed by atoms with Crippen molar-refractivity contribution in [2.75, 3.05) is 23.4 Å². The lowest BCUT2D eigenvalue weighted by Gasteiger charge is -2.22. The lowest BCUT2D eigenvalue weighted by atomic mass is 10.1. The SMILES string of the molecule is CCNc1cccc(C(=O)NC2CCS(=O)(=O)CC2)n1. The van der Waals surface area contributed by atoms with Gasteiger partial charge >= 0.3 is 0 Å². The molecule has 1 amide bonds. The first kappa shape index (κ1) is 14.8. The number of aromatic nitrogens is 1. The van der Waals surface area contributed by atoms with Crippen LogP contribution in [0.15, 0.2) is 18.2 Å². The van der Waals surface area contributed by atoms with Crippen molar-refractivity contribution in [3.63, 3.8) is 0 Å². The maximum absolute atomic E-state index is 12.1. The lowest BCUT2D eigenvalue weighted by Crippen LogP contribution is -2.41. The summed E-state index contributed by atoms with van der Waals surface area (Å²) < 4.78 is 22.7. The van der Waals surface area contributed by atoms with Gasteiger partial charge in [0, 0.05) is 12.6 Å². The molecule has 0 spiro atoms. The smallest absolute Gasteiger partial charge is 0.270 e. The van der Waals surface area contributed by atoms with Crippen LogP contribution in [0.25, 0.3) is 0 Å². The quantitative estimate of drug-likeness (QED) is 0.859. The highest BCUT2D eigenvalue weighted by Gasteiger charge is 2.25. The second kappa shape index (κ2) is 6.21. The molecule has 0 radical (unpaired) electrons. The second-order valence-corrected chi connectivity index (χ2v) is 7.14. The van der Waals surface area contributed by atoms with Gasteiger partial charge in [0.2, 0.25) is 0 Å². The van der Waals surface area contributed by atoms with Gasteiger partial charge in [-0.05, 0) is 31.9 Å². The number of nitrogens with one attached hydrogen (secondary N) is 2. The average molecular weight is 297 g/mol. The number of carbonyl (C=O) groups is 1. The molecule has 20 heavy (non-hydrogen) atoms. The highest BCUT2D eigenvalue weighted by molar-refractivity contribution is 7.91. The van der Waals surface area contributed by atoms with Gasteiger partial charge < -0.3 is 10.6 Å². The molecule has 7 heteroatoms. The molecule has 0 bridgehead atoms. The molecule has 0 aromatic carbocycles. The summed E-state index contributed by atoms with van der Waals surface area (Å²) in [7, 11) is -2.91. The number of anilines is 1. The van der Waals surface area contributed by atoms with Crippen LogP contribution in [0.5, 0.6) is 0 Å². The fourth-order valence-electron chi connectivity index (χ4n) is 2.13. The minimum Gasteiger partial charge on any atom is -0.370 e. The van der Waals surface area contributed by atoms with Crippen LogP contribution in [-0.2, 0) is 9.84 Å². The lowest BCUT2D eigenvalue weighted by molar-refractivity contribution is 0.0929. The van der Waals surface area contributed by atoms with Gasteiger partial charge in [0.05, 0.1) is 11.5 Å². The third-order valence-corrected chi connectivity index (χ3v) is 4.94. The Morgan fingerprint density at radius 3 is 2.70 bits per heavy atom. The molecular weight excluding hydrogens is 278 g/mol. The highest BCUT2D eigenvalue weighted by atomic mass is 32.2. The normalized spacial score (nSPS) is 18.4. The summed E-state index contributed by atoms with van der Waals surface area (Å²) in [6, 6.07) is 5.13. The Morgan fingerprint density at radius 1 is 1.35 bits per heavy atom. The van der Waals surface area contributed by atoms with Crippen LogP contribution in [0, 0.1) is 0 Å². The van der Waals surface area contributed by atoms with E-state index in [1.165, 1.54) is 0 Å². The van der Waals surface area contributed by atoms with E-state index in [0.29, 0.717) is 24.4 Å². The van der Waals surface area contributed by atoms with Crippen LogP contribution in [0.4, 0.5) is 5.82 Å². The molecule has 1 aromatic rings. The summed E-state index contributed by atoms with van der Waals surface area (Å²) in [6.07, 6.45) is 0.946. The summed E-state index contributed by atoms with van der Waals surface area (Å²) in [5, 5.41) is 5.90. The molecule has 6 nitrogen and oxygen atoms in total. The first-order chi connectivity index (χ1) is 9.50. The molecular formula is C13H19N3O3S. The number of nitrogens with zero attached hydrogens (tertiary/aromatic N) is 1. The van der Waals surface area contributed by atoms with E-state index in [1.807, 2.05) is 6.92 Å². The molecule has 2 rings (SSSR count). The van der Waals surface area contributed by atoms with Gasteiger partial charge in [0.15, 0.2) is 0 Å². The molecule has 2 N–H and O–H groups in total.